The highest BCUT2D eigenvalue weighted by molar-refractivity contribution is 7.80. The molecule has 1 fully saturated rings. The zero-order valence-electron chi connectivity index (χ0n) is 14.6. The molecule has 1 spiro atoms. The summed E-state index contributed by atoms with van der Waals surface area (Å²) in [5, 5.41) is 0. The fourth-order valence-corrected chi connectivity index (χ4v) is 6.19. The van der Waals surface area contributed by atoms with Crippen LogP contribution in [0.2, 0.25) is 0 Å². The molecule has 6 unspecified atom stereocenters. The van der Waals surface area contributed by atoms with Gasteiger partial charge in [0.15, 0.2) is 11.5 Å². The van der Waals surface area contributed by atoms with Crippen molar-refractivity contribution in [2.75, 3.05) is 20.7 Å². The SMILES string of the molecule is COc1ccc2c3c1OC1C(OS(=O)(=O)O)C=CC4C(C2)[NH+](C)CCC341. The average Bonchev–Trinajstić information content (AvgIpc) is 2.93. The maximum atomic E-state index is 11.4. The van der Waals surface area contributed by atoms with Crippen molar-refractivity contribution in [3.8, 4) is 11.5 Å². The summed E-state index contributed by atoms with van der Waals surface area (Å²) in [5.41, 5.74) is 2.04. The summed E-state index contributed by atoms with van der Waals surface area (Å²) in [6, 6.07) is 4.42. The Morgan fingerprint density at radius 1 is 1.35 bits per heavy atom. The number of hydrogen-bond donors (Lipinski definition) is 2. The van der Waals surface area contributed by atoms with Crippen LogP contribution in [0.25, 0.3) is 0 Å². The molecule has 4 aliphatic rings. The van der Waals surface area contributed by atoms with Gasteiger partial charge < -0.3 is 14.4 Å². The highest BCUT2D eigenvalue weighted by atomic mass is 32.3. The molecule has 2 heterocycles. The number of methoxy groups -OCH3 is 1. The zero-order valence-corrected chi connectivity index (χ0v) is 15.5. The molecule has 26 heavy (non-hydrogen) atoms. The predicted molar refractivity (Wildman–Crippen MR) is 92.0 cm³/mol. The molecule has 8 heteroatoms. The van der Waals surface area contributed by atoms with Crippen LogP contribution in [-0.2, 0) is 26.4 Å². The average molecular weight is 380 g/mol. The zero-order chi connectivity index (χ0) is 18.3. The fraction of sp³-hybridized carbons (Fsp3) is 0.556. The molecule has 0 aromatic heterocycles. The number of quaternary nitrogens is 1. The van der Waals surface area contributed by atoms with Crippen LogP contribution in [-0.4, -0.2) is 51.9 Å². The molecule has 2 N–H and O–H groups in total. The fourth-order valence-electron chi connectivity index (χ4n) is 5.74. The van der Waals surface area contributed by atoms with Gasteiger partial charge >= 0.3 is 10.4 Å². The minimum absolute atomic E-state index is 0.239. The largest absolute Gasteiger partial charge is 0.493 e. The van der Waals surface area contributed by atoms with Gasteiger partial charge in [-0.05, 0) is 11.6 Å². The van der Waals surface area contributed by atoms with Crippen molar-refractivity contribution < 1.29 is 31.5 Å². The lowest BCUT2D eigenvalue weighted by Gasteiger charge is -2.54. The predicted octanol–water partition coefficient (Wildman–Crippen LogP) is -0.0889. The summed E-state index contributed by atoms with van der Waals surface area (Å²) in [6.07, 6.45) is 4.27. The molecule has 1 aromatic rings. The molecule has 0 saturated carbocycles. The van der Waals surface area contributed by atoms with Crippen molar-refractivity contribution in [3.63, 3.8) is 0 Å². The van der Waals surface area contributed by atoms with E-state index in [4.69, 9.17) is 13.7 Å². The Bertz CT molecular complexity index is 913. The Kier molecular flexibility index (Phi) is 3.32. The lowest BCUT2D eigenvalue weighted by Crippen LogP contribution is -3.16. The Morgan fingerprint density at radius 3 is 2.88 bits per heavy atom. The number of piperidine rings is 1. The molecule has 7 nitrogen and oxygen atoms in total. The van der Waals surface area contributed by atoms with E-state index in [1.807, 2.05) is 6.07 Å². The van der Waals surface area contributed by atoms with Crippen molar-refractivity contribution in [3.05, 3.63) is 35.4 Å². The number of likely N-dealkylation sites (tertiary alicyclic amines) is 1. The van der Waals surface area contributed by atoms with Crippen LogP contribution in [0.4, 0.5) is 0 Å². The van der Waals surface area contributed by atoms with E-state index < -0.39 is 22.6 Å². The summed E-state index contributed by atoms with van der Waals surface area (Å²) in [6.45, 7) is 0.976. The molecule has 2 aliphatic heterocycles. The van der Waals surface area contributed by atoms with Gasteiger partial charge in [0.25, 0.3) is 0 Å². The molecule has 1 aromatic carbocycles. The number of nitrogens with one attached hydrogen (secondary N) is 1. The number of hydrogen-bond acceptors (Lipinski definition) is 5. The quantitative estimate of drug-likeness (QED) is 0.563. The second-order valence-corrected chi connectivity index (χ2v) is 8.81. The first-order valence-corrected chi connectivity index (χ1v) is 10.2. The van der Waals surface area contributed by atoms with Crippen LogP contribution in [0, 0.1) is 5.92 Å². The van der Waals surface area contributed by atoms with Crippen molar-refractivity contribution in [1.29, 1.82) is 0 Å². The Balaban J connectivity index is 1.73. The lowest BCUT2D eigenvalue weighted by molar-refractivity contribution is -0.917. The van der Waals surface area contributed by atoms with Crippen LogP contribution < -0.4 is 14.4 Å². The number of rotatable bonds is 3. The standard InChI is InChI=1S/C18H21NO6S/c1-19-8-7-18-11-4-6-14(25-26(20,21)22)17(18)24-16-13(23-2)5-3-10(15(16)18)9-12(11)19/h3-6,11-12,14,17H,7-9H2,1-2H3,(H,20,21,22)/p+1. The van der Waals surface area contributed by atoms with Gasteiger partial charge in [0.05, 0.1) is 32.2 Å². The van der Waals surface area contributed by atoms with Crippen molar-refractivity contribution in [2.24, 2.45) is 5.92 Å². The van der Waals surface area contributed by atoms with Crippen molar-refractivity contribution >= 4 is 10.4 Å². The minimum atomic E-state index is -4.58. The first kappa shape index (κ1) is 16.6. The molecule has 1 saturated heterocycles. The third-order valence-electron chi connectivity index (χ3n) is 6.72. The van der Waals surface area contributed by atoms with Gasteiger partial charge in [-0.2, -0.15) is 8.42 Å². The summed E-state index contributed by atoms with van der Waals surface area (Å²) >= 11 is 0. The van der Waals surface area contributed by atoms with Gasteiger partial charge in [-0.1, -0.05) is 18.2 Å². The molecule has 0 amide bonds. The Hall–Kier alpha value is -1.61. The lowest BCUT2D eigenvalue weighted by atomic mass is 9.53. The van der Waals surface area contributed by atoms with Crippen molar-refractivity contribution in [2.45, 2.75) is 36.5 Å². The van der Waals surface area contributed by atoms with Crippen LogP contribution >= 0.6 is 0 Å². The van der Waals surface area contributed by atoms with Gasteiger partial charge in [-0.25, -0.2) is 4.18 Å². The first-order valence-electron chi connectivity index (χ1n) is 8.88. The topological polar surface area (TPSA) is 86.5 Å². The van der Waals surface area contributed by atoms with Crippen LogP contribution in [0.5, 0.6) is 11.5 Å². The van der Waals surface area contributed by atoms with E-state index >= 15 is 0 Å². The Labute approximate surface area is 152 Å². The maximum absolute atomic E-state index is 11.4. The van der Waals surface area contributed by atoms with Crippen molar-refractivity contribution in [1.82, 2.24) is 0 Å². The van der Waals surface area contributed by atoms with Crippen LogP contribution in [0.3, 0.4) is 0 Å². The number of likely N-dealkylation sites (N-methyl/N-ethyl adjacent to an activating group) is 1. The van der Waals surface area contributed by atoms with E-state index in [0.29, 0.717) is 17.5 Å². The van der Waals surface area contributed by atoms with Gasteiger partial charge in [0, 0.05) is 24.3 Å². The van der Waals surface area contributed by atoms with Gasteiger partial charge in [-0.15, -0.1) is 0 Å². The van der Waals surface area contributed by atoms with E-state index in [0.717, 1.165) is 24.9 Å². The molecular weight excluding hydrogens is 358 g/mol. The summed E-state index contributed by atoms with van der Waals surface area (Å²) in [4.78, 5) is 1.48. The van der Waals surface area contributed by atoms with E-state index in [1.165, 1.54) is 10.5 Å². The molecule has 5 rings (SSSR count). The smallest absolute Gasteiger partial charge is 0.398 e. The normalized spacial score (nSPS) is 39.3. The summed E-state index contributed by atoms with van der Waals surface area (Å²) < 4.78 is 48.8. The van der Waals surface area contributed by atoms with E-state index in [1.54, 1.807) is 13.2 Å². The highest BCUT2D eigenvalue weighted by Gasteiger charge is 2.66. The second kappa shape index (κ2) is 5.22. The monoisotopic (exact) mass is 380 g/mol. The van der Waals surface area contributed by atoms with Gasteiger partial charge in [-0.3, -0.25) is 4.55 Å². The third-order valence-corrected chi connectivity index (χ3v) is 7.18. The first-order chi connectivity index (χ1) is 12.3. The summed E-state index contributed by atoms with van der Waals surface area (Å²) in [5.74, 6) is 1.59. The Morgan fingerprint density at radius 2 is 2.15 bits per heavy atom. The van der Waals surface area contributed by atoms with E-state index in [9.17, 15) is 13.0 Å². The van der Waals surface area contributed by atoms with Crippen LogP contribution in [0.1, 0.15) is 17.5 Å². The molecule has 140 valence electrons. The number of ether oxygens (including phenoxy) is 2. The van der Waals surface area contributed by atoms with E-state index in [-0.39, 0.29) is 11.3 Å². The van der Waals surface area contributed by atoms with Crippen LogP contribution in [0.15, 0.2) is 24.3 Å². The maximum Gasteiger partial charge on any atom is 0.398 e. The molecule has 2 aliphatic carbocycles. The highest BCUT2D eigenvalue weighted by Crippen LogP contribution is 2.61. The van der Waals surface area contributed by atoms with Gasteiger partial charge in [0.2, 0.25) is 0 Å². The second-order valence-electron chi connectivity index (χ2n) is 7.77. The summed E-state index contributed by atoms with van der Waals surface area (Å²) in [7, 11) is -0.765. The molecule has 0 radical (unpaired) electrons. The molecule has 2 bridgehead atoms. The molecular formula is C18H22NO6S+. The molecule has 6 atom stereocenters. The number of benzene rings is 1. The third kappa shape index (κ3) is 2.01. The minimum Gasteiger partial charge on any atom is -0.493 e. The van der Waals surface area contributed by atoms with Gasteiger partial charge in [0.1, 0.15) is 12.2 Å². The van der Waals surface area contributed by atoms with E-state index in [2.05, 4.69) is 19.2 Å².